The third-order valence-corrected chi connectivity index (χ3v) is 2.06. The van der Waals surface area contributed by atoms with Crippen LogP contribution in [0.2, 0.25) is 0 Å². The summed E-state index contributed by atoms with van der Waals surface area (Å²) < 4.78 is 0. The summed E-state index contributed by atoms with van der Waals surface area (Å²) in [4.78, 5) is 15.1. The van der Waals surface area contributed by atoms with Crippen LogP contribution in [-0.2, 0) is 0 Å². The second-order valence-electron chi connectivity index (χ2n) is 2.40. The van der Waals surface area contributed by atoms with Gasteiger partial charge in [-0.15, -0.1) is 17.9 Å². The molecule has 0 saturated carbocycles. The highest BCUT2D eigenvalue weighted by molar-refractivity contribution is 7.13. The number of nitrogen functional groups attached to an aromatic ring is 1. The zero-order valence-electron chi connectivity index (χ0n) is 7.12. The summed E-state index contributed by atoms with van der Waals surface area (Å²) in [6, 6.07) is 0. The van der Waals surface area contributed by atoms with Crippen LogP contribution in [0.15, 0.2) is 18.0 Å². The quantitative estimate of drug-likeness (QED) is 0.559. The number of thiazole rings is 1. The van der Waals surface area contributed by atoms with Gasteiger partial charge in [0.2, 0.25) is 0 Å². The molecule has 0 fully saturated rings. The number of nitrogens with two attached hydrogens (primary N) is 1. The standard InChI is InChI=1S/C8H11N3OS/c1-2-3-4-10-7(12)6-5-13-8(9)11-6/h2,5H,1,3-4H2,(H2,9,11)(H,10,12). The first-order chi connectivity index (χ1) is 6.24. The SMILES string of the molecule is C=CCCNC(=O)c1csc(N)n1. The van der Waals surface area contributed by atoms with E-state index in [4.69, 9.17) is 5.73 Å². The Hall–Kier alpha value is -1.36. The van der Waals surface area contributed by atoms with E-state index >= 15 is 0 Å². The molecule has 70 valence electrons. The van der Waals surface area contributed by atoms with Gasteiger partial charge in [-0.05, 0) is 6.42 Å². The van der Waals surface area contributed by atoms with Gasteiger partial charge in [0.15, 0.2) is 5.13 Å². The Bertz CT molecular complexity index is 308. The average Bonchev–Trinajstić information content (AvgIpc) is 2.52. The molecule has 0 saturated heterocycles. The molecule has 1 heterocycles. The fourth-order valence-corrected chi connectivity index (χ4v) is 1.31. The van der Waals surface area contributed by atoms with Crippen LogP contribution >= 0.6 is 11.3 Å². The van der Waals surface area contributed by atoms with Crippen LogP contribution in [0.4, 0.5) is 5.13 Å². The predicted molar refractivity (Wildman–Crippen MR) is 53.7 cm³/mol. The zero-order valence-corrected chi connectivity index (χ0v) is 7.93. The molecular formula is C8H11N3OS. The lowest BCUT2D eigenvalue weighted by molar-refractivity contribution is 0.0950. The lowest BCUT2D eigenvalue weighted by atomic mass is 10.4. The largest absolute Gasteiger partial charge is 0.375 e. The Kier molecular flexibility index (Phi) is 3.45. The highest BCUT2D eigenvalue weighted by Crippen LogP contribution is 2.10. The van der Waals surface area contributed by atoms with Gasteiger partial charge in [-0.1, -0.05) is 6.08 Å². The van der Waals surface area contributed by atoms with Crippen LogP contribution in [-0.4, -0.2) is 17.4 Å². The molecule has 4 nitrogen and oxygen atoms in total. The number of nitrogens with zero attached hydrogens (tertiary/aromatic N) is 1. The van der Waals surface area contributed by atoms with Gasteiger partial charge in [0.1, 0.15) is 5.69 Å². The molecule has 5 heteroatoms. The summed E-state index contributed by atoms with van der Waals surface area (Å²) >= 11 is 1.26. The van der Waals surface area contributed by atoms with Crippen molar-refractivity contribution in [1.82, 2.24) is 10.3 Å². The number of amides is 1. The molecule has 0 aliphatic carbocycles. The van der Waals surface area contributed by atoms with E-state index in [2.05, 4.69) is 16.9 Å². The molecular weight excluding hydrogens is 186 g/mol. The highest BCUT2D eigenvalue weighted by atomic mass is 32.1. The maximum atomic E-state index is 11.3. The molecule has 0 aliphatic heterocycles. The molecule has 1 aromatic heterocycles. The molecule has 0 bridgehead atoms. The van der Waals surface area contributed by atoms with Crippen molar-refractivity contribution in [2.75, 3.05) is 12.3 Å². The number of carbonyl (C=O) groups excluding carboxylic acids is 1. The lowest BCUT2D eigenvalue weighted by Gasteiger charge is -1.98. The molecule has 0 aromatic carbocycles. The molecule has 0 unspecified atom stereocenters. The summed E-state index contributed by atoms with van der Waals surface area (Å²) in [7, 11) is 0. The number of nitrogens with one attached hydrogen (secondary N) is 1. The average molecular weight is 197 g/mol. The molecule has 13 heavy (non-hydrogen) atoms. The van der Waals surface area contributed by atoms with E-state index in [1.165, 1.54) is 11.3 Å². The first kappa shape index (κ1) is 9.73. The molecule has 3 N–H and O–H groups in total. The van der Waals surface area contributed by atoms with Crippen LogP contribution in [0, 0.1) is 0 Å². The Balaban J connectivity index is 2.44. The van der Waals surface area contributed by atoms with Crippen molar-refractivity contribution in [2.45, 2.75) is 6.42 Å². The third kappa shape index (κ3) is 2.87. The highest BCUT2D eigenvalue weighted by Gasteiger charge is 2.07. The minimum absolute atomic E-state index is 0.185. The zero-order chi connectivity index (χ0) is 9.68. The van der Waals surface area contributed by atoms with Crippen molar-refractivity contribution in [3.63, 3.8) is 0 Å². The fourth-order valence-electron chi connectivity index (χ4n) is 0.770. The Labute approximate surface area is 80.5 Å². The topological polar surface area (TPSA) is 68.0 Å². The van der Waals surface area contributed by atoms with E-state index in [9.17, 15) is 4.79 Å². The second-order valence-corrected chi connectivity index (χ2v) is 3.29. The van der Waals surface area contributed by atoms with E-state index in [-0.39, 0.29) is 5.91 Å². The van der Waals surface area contributed by atoms with Gasteiger partial charge in [0, 0.05) is 11.9 Å². The number of carbonyl (C=O) groups is 1. The van der Waals surface area contributed by atoms with E-state index in [1.54, 1.807) is 11.5 Å². The van der Waals surface area contributed by atoms with Gasteiger partial charge < -0.3 is 11.1 Å². The van der Waals surface area contributed by atoms with Crippen molar-refractivity contribution >= 4 is 22.4 Å². The number of anilines is 1. The molecule has 1 aromatic rings. The summed E-state index contributed by atoms with van der Waals surface area (Å²) in [5.74, 6) is -0.185. The van der Waals surface area contributed by atoms with Crippen molar-refractivity contribution < 1.29 is 4.79 Å². The van der Waals surface area contributed by atoms with Gasteiger partial charge in [-0.3, -0.25) is 4.79 Å². The number of rotatable bonds is 4. The van der Waals surface area contributed by atoms with E-state index < -0.39 is 0 Å². The minimum atomic E-state index is -0.185. The normalized spacial score (nSPS) is 9.54. The van der Waals surface area contributed by atoms with Gasteiger partial charge in [-0.2, -0.15) is 0 Å². The van der Waals surface area contributed by atoms with Crippen molar-refractivity contribution in [2.24, 2.45) is 0 Å². The van der Waals surface area contributed by atoms with Gasteiger partial charge >= 0.3 is 0 Å². The fraction of sp³-hybridized carbons (Fsp3) is 0.250. The van der Waals surface area contributed by atoms with E-state index in [1.807, 2.05) is 0 Å². The van der Waals surface area contributed by atoms with Crippen molar-refractivity contribution in [3.8, 4) is 0 Å². The van der Waals surface area contributed by atoms with Crippen LogP contribution in [0.1, 0.15) is 16.9 Å². The Morgan fingerprint density at radius 1 is 1.85 bits per heavy atom. The first-order valence-electron chi connectivity index (χ1n) is 3.84. The monoisotopic (exact) mass is 197 g/mol. The smallest absolute Gasteiger partial charge is 0.270 e. The Morgan fingerprint density at radius 2 is 2.62 bits per heavy atom. The maximum absolute atomic E-state index is 11.3. The summed E-state index contributed by atoms with van der Waals surface area (Å²) in [6.07, 6.45) is 2.50. The van der Waals surface area contributed by atoms with Crippen LogP contribution in [0.3, 0.4) is 0 Å². The van der Waals surface area contributed by atoms with Crippen LogP contribution < -0.4 is 11.1 Å². The summed E-state index contributed by atoms with van der Waals surface area (Å²) in [5.41, 5.74) is 5.76. The molecule has 0 radical (unpaired) electrons. The van der Waals surface area contributed by atoms with Crippen LogP contribution in [0.25, 0.3) is 0 Å². The van der Waals surface area contributed by atoms with E-state index in [0.717, 1.165) is 6.42 Å². The van der Waals surface area contributed by atoms with Gasteiger partial charge in [0.05, 0.1) is 0 Å². The van der Waals surface area contributed by atoms with Crippen molar-refractivity contribution in [1.29, 1.82) is 0 Å². The minimum Gasteiger partial charge on any atom is -0.375 e. The maximum Gasteiger partial charge on any atom is 0.270 e. The summed E-state index contributed by atoms with van der Waals surface area (Å²) in [6.45, 7) is 4.13. The number of hydrogen-bond donors (Lipinski definition) is 2. The molecule has 1 rings (SSSR count). The van der Waals surface area contributed by atoms with E-state index in [0.29, 0.717) is 17.4 Å². The summed E-state index contributed by atoms with van der Waals surface area (Å²) in [5, 5.41) is 4.74. The lowest BCUT2D eigenvalue weighted by Crippen LogP contribution is -2.24. The molecule has 1 amide bonds. The number of hydrogen-bond acceptors (Lipinski definition) is 4. The van der Waals surface area contributed by atoms with Crippen LogP contribution in [0.5, 0.6) is 0 Å². The first-order valence-corrected chi connectivity index (χ1v) is 4.72. The van der Waals surface area contributed by atoms with Gasteiger partial charge in [-0.25, -0.2) is 4.98 Å². The Morgan fingerprint density at radius 3 is 3.15 bits per heavy atom. The third-order valence-electron chi connectivity index (χ3n) is 1.39. The predicted octanol–water partition coefficient (Wildman–Crippen LogP) is 1.03. The molecule has 0 spiro atoms. The molecule has 0 atom stereocenters. The number of aromatic nitrogens is 1. The van der Waals surface area contributed by atoms with Crippen molar-refractivity contribution in [3.05, 3.63) is 23.7 Å². The second kappa shape index (κ2) is 4.61. The molecule has 0 aliphatic rings. The van der Waals surface area contributed by atoms with Gasteiger partial charge in [0.25, 0.3) is 5.91 Å².